The molecule has 11 heteroatoms. The van der Waals surface area contributed by atoms with Crippen molar-refractivity contribution < 1.29 is 31.0 Å². The summed E-state index contributed by atoms with van der Waals surface area (Å²) in [5, 5.41) is 0. The lowest BCUT2D eigenvalue weighted by Gasteiger charge is -2.48. The Hall–Kier alpha value is -2.69. The monoisotopic (exact) mass is 569 g/mol. The topological polar surface area (TPSA) is 64.5 Å². The molecule has 2 fully saturated rings. The van der Waals surface area contributed by atoms with E-state index in [0.717, 1.165) is 11.1 Å². The summed E-state index contributed by atoms with van der Waals surface area (Å²) in [7, 11) is -0.922. The minimum atomic E-state index is -5.08. The molecule has 0 aliphatic carbocycles. The Labute approximate surface area is 225 Å². The predicted molar refractivity (Wildman–Crippen MR) is 139 cm³/mol. The third-order valence-electron chi connectivity index (χ3n) is 8.94. The number of likely N-dealkylation sites (tertiary alicyclic amines) is 1. The van der Waals surface area contributed by atoms with Crippen LogP contribution >= 0.6 is 0 Å². The van der Waals surface area contributed by atoms with Crippen LogP contribution in [-0.4, -0.2) is 58.9 Å². The van der Waals surface area contributed by atoms with Crippen LogP contribution in [0.4, 0.5) is 27.6 Å². The number of fused-ring (bicyclic) bond motifs is 3. The Morgan fingerprint density at radius 3 is 2.36 bits per heavy atom. The van der Waals surface area contributed by atoms with Crippen molar-refractivity contribution in [2.24, 2.45) is 5.92 Å². The molecule has 3 aliphatic heterocycles. The van der Waals surface area contributed by atoms with Gasteiger partial charge in [-0.15, -0.1) is 0 Å². The molecule has 2 aromatic rings. The fourth-order valence-corrected chi connectivity index (χ4v) is 8.07. The average molecular weight is 570 g/mol. The summed E-state index contributed by atoms with van der Waals surface area (Å²) < 4.78 is 89.2. The SMILES string of the molecule is CN1CC2N(C(=O)C3CCS(=N)(=O)CC3)CCC2(Cc2ccc(F)cc2)c2ccc(C(C)(F)C(F)(F)F)cc21. The van der Waals surface area contributed by atoms with Gasteiger partial charge in [0.05, 0.1) is 6.04 Å². The highest BCUT2D eigenvalue weighted by Crippen LogP contribution is 2.52. The lowest BCUT2D eigenvalue weighted by molar-refractivity contribution is -0.228. The van der Waals surface area contributed by atoms with Gasteiger partial charge in [-0.1, -0.05) is 24.3 Å². The van der Waals surface area contributed by atoms with E-state index in [2.05, 4.69) is 0 Å². The van der Waals surface area contributed by atoms with Gasteiger partial charge in [0.25, 0.3) is 0 Å². The fraction of sp³-hybridized carbons (Fsp3) is 0.536. The number of carbonyl (C=O) groups is 1. The fourth-order valence-electron chi connectivity index (χ4n) is 6.53. The Kier molecular flexibility index (Phi) is 6.75. The molecule has 39 heavy (non-hydrogen) atoms. The quantitative estimate of drug-likeness (QED) is 0.491. The van der Waals surface area contributed by atoms with E-state index in [9.17, 15) is 31.0 Å². The number of anilines is 1. The molecule has 3 aliphatic rings. The number of hydrogen-bond acceptors (Lipinski definition) is 4. The van der Waals surface area contributed by atoms with Crippen LogP contribution in [0.2, 0.25) is 0 Å². The van der Waals surface area contributed by atoms with Gasteiger partial charge in [-0.3, -0.25) is 9.57 Å². The van der Waals surface area contributed by atoms with Crippen molar-refractivity contribution in [1.29, 1.82) is 4.78 Å². The summed E-state index contributed by atoms with van der Waals surface area (Å²) in [6.07, 6.45) is -3.34. The van der Waals surface area contributed by atoms with Crippen molar-refractivity contribution in [2.45, 2.75) is 55.9 Å². The molecule has 3 unspecified atom stereocenters. The Morgan fingerprint density at radius 2 is 1.74 bits per heavy atom. The second kappa shape index (κ2) is 9.45. The summed E-state index contributed by atoms with van der Waals surface area (Å²) in [6.45, 7) is 1.28. The molecule has 1 N–H and O–H groups in total. The maximum absolute atomic E-state index is 14.9. The lowest BCUT2D eigenvalue weighted by Crippen LogP contribution is -2.56. The summed E-state index contributed by atoms with van der Waals surface area (Å²) in [5.74, 6) is -0.399. The summed E-state index contributed by atoms with van der Waals surface area (Å²) in [5.41, 5.74) is -2.63. The van der Waals surface area contributed by atoms with Crippen LogP contribution in [0.3, 0.4) is 0 Å². The van der Waals surface area contributed by atoms with Gasteiger partial charge in [0.1, 0.15) is 5.82 Å². The van der Waals surface area contributed by atoms with Gasteiger partial charge in [0.2, 0.25) is 11.6 Å². The second-order valence-electron chi connectivity index (χ2n) is 11.4. The highest BCUT2D eigenvalue weighted by Gasteiger charge is 2.57. The number of rotatable bonds is 4. The van der Waals surface area contributed by atoms with Gasteiger partial charge >= 0.3 is 6.18 Å². The number of nitrogens with zero attached hydrogens (tertiary/aromatic N) is 2. The number of halogens is 5. The average Bonchev–Trinajstić information content (AvgIpc) is 3.23. The number of carbonyl (C=O) groups excluding carboxylic acids is 1. The van der Waals surface area contributed by atoms with Crippen LogP contribution in [0.1, 0.15) is 42.9 Å². The minimum Gasteiger partial charge on any atom is -0.372 e. The Morgan fingerprint density at radius 1 is 1.10 bits per heavy atom. The van der Waals surface area contributed by atoms with E-state index in [-0.39, 0.29) is 35.2 Å². The third kappa shape index (κ3) is 4.80. The molecular weight excluding hydrogens is 537 g/mol. The molecule has 0 spiro atoms. The van der Waals surface area contributed by atoms with Crippen LogP contribution in [0.25, 0.3) is 0 Å². The normalized spacial score (nSPS) is 30.4. The first-order valence-electron chi connectivity index (χ1n) is 13.1. The molecular formula is C28H32F5N3O2S. The summed E-state index contributed by atoms with van der Waals surface area (Å²) in [6, 6.07) is 9.75. The van der Waals surface area contributed by atoms with Crippen molar-refractivity contribution in [3.8, 4) is 0 Å². The van der Waals surface area contributed by atoms with Crippen molar-refractivity contribution in [3.05, 3.63) is 65.0 Å². The molecule has 0 radical (unpaired) electrons. The molecule has 2 saturated heterocycles. The maximum atomic E-state index is 14.9. The van der Waals surface area contributed by atoms with Crippen LogP contribution < -0.4 is 4.90 Å². The molecule has 5 rings (SSSR count). The first-order valence-corrected chi connectivity index (χ1v) is 15.0. The van der Waals surface area contributed by atoms with E-state index in [0.29, 0.717) is 51.4 Å². The van der Waals surface area contributed by atoms with Crippen molar-refractivity contribution in [2.75, 3.05) is 36.5 Å². The zero-order chi connectivity index (χ0) is 28.4. The summed E-state index contributed by atoms with van der Waals surface area (Å²) in [4.78, 5) is 17.4. The molecule has 3 heterocycles. The van der Waals surface area contributed by atoms with Crippen LogP contribution in [0.5, 0.6) is 0 Å². The molecule has 212 valence electrons. The van der Waals surface area contributed by atoms with Crippen molar-refractivity contribution >= 4 is 21.3 Å². The van der Waals surface area contributed by atoms with Gasteiger partial charge in [-0.25, -0.2) is 13.0 Å². The van der Waals surface area contributed by atoms with Gasteiger partial charge in [-0.2, -0.15) is 13.2 Å². The number of nitrogens with one attached hydrogen (secondary N) is 1. The molecule has 0 bridgehead atoms. The maximum Gasteiger partial charge on any atom is 0.426 e. The highest BCUT2D eigenvalue weighted by atomic mass is 32.2. The number of likely N-dealkylation sites (N-methyl/N-ethyl adjacent to an activating group) is 1. The smallest absolute Gasteiger partial charge is 0.372 e. The van der Waals surface area contributed by atoms with Crippen LogP contribution in [-0.2, 0) is 32.0 Å². The van der Waals surface area contributed by atoms with Gasteiger partial charge < -0.3 is 9.80 Å². The van der Waals surface area contributed by atoms with E-state index in [4.69, 9.17) is 4.78 Å². The van der Waals surface area contributed by atoms with Gasteiger partial charge in [-0.05, 0) is 61.9 Å². The minimum absolute atomic E-state index is 0.0576. The van der Waals surface area contributed by atoms with E-state index in [1.165, 1.54) is 24.3 Å². The Balaban J connectivity index is 1.56. The van der Waals surface area contributed by atoms with Gasteiger partial charge in [0, 0.05) is 64.0 Å². The zero-order valence-electron chi connectivity index (χ0n) is 21.9. The third-order valence-corrected chi connectivity index (χ3v) is 10.7. The second-order valence-corrected chi connectivity index (χ2v) is 13.8. The van der Waals surface area contributed by atoms with Crippen molar-refractivity contribution in [1.82, 2.24) is 4.90 Å². The molecule has 0 aromatic heterocycles. The van der Waals surface area contributed by atoms with E-state index < -0.39 is 32.6 Å². The lowest BCUT2D eigenvalue weighted by atomic mass is 9.67. The van der Waals surface area contributed by atoms with E-state index >= 15 is 0 Å². The number of hydrogen-bond donors (Lipinski definition) is 1. The largest absolute Gasteiger partial charge is 0.426 e. The molecule has 1 amide bonds. The Bertz CT molecular complexity index is 1360. The van der Waals surface area contributed by atoms with E-state index in [1.807, 2.05) is 4.90 Å². The summed E-state index contributed by atoms with van der Waals surface area (Å²) >= 11 is 0. The highest BCUT2D eigenvalue weighted by molar-refractivity contribution is 7.92. The van der Waals surface area contributed by atoms with Gasteiger partial charge in [0.15, 0.2) is 0 Å². The molecule has 2 aromatic carbocycles. The predicted octanol–water partition coefficient (Wildman–Crippen LogP) is 5.56. The molecule has 3 atom stereocenters. The molecule has 0 saturated carbocycles. The van der Waals surface area contributed by atoms with Crippen LogP contribution in [0, 0.1) is 16.5 Å². The zero-order valence-corrected chi connectivity index (χ0v) is 22.7. The number of alkyl halides is 4. The standard InChI is InChI=1S/C28H32F5N3O2S/c1-26(30,28(31,32)33)20-5-8-22-23(15-20)35(2)17-24-27(22,16-18-3-6-21(29)7-4-18)11-12-36(24)25(37)19-9-13-39(34,38)14-10-19/h3-8,15,19,24,34H,9-14,16-17H2,1-2H3. The molecule has 5 nitrogen and oxygen atoms in total. The first-order chi connectivity index (χ1) is 18.1. The van der Waals surface area contributed by atoms with Crippen molar-refractivity contribution in [3.63, 3.8) is 0 Å². The number of amides is 1. The number of benzene rings is 2. The van der Waals surface area contributed by atoms with Crippen LogP contribution in [0.15, 0.2) is 42.5 Å². The first kappa shape index (κ1) is 27.9. The van der Waals surface area contributed by atoms with E-state index in [1.54, 1.807) is 30.1 Å².